The van der Waals surface area contributed by atoms with E-state index in [1.54, 1.807) is 25.1 Å². The number of pyridine rings is 1. The fraction of sp³-hybridized carbons (Fsp3) is 0.200. The number of aryl methyl sites for hydroxylation is 1. The van der Waals surface area contributed by atoms with E-state index in [9.17, 15) is 9.18 Å². The number of halogens is 1. The van der Waals surface area contributed by atoms with Crippen LogP contribution in [0.4, 0.5) is 16.0 Å². The number of nitrogen functional groups attached to an aromatic ring is 2. The zero-order chi connectivity index (χ0) is 20.7. The molecule has 0 aliphatic carbocycles. The van der Waals surface area contributed by atoms with Gasteiger partial charge >= 0.3 is 0 Å². The van der Waals surface area contributed by atoms with Crippen molar-refractivity contribution in [2.45, 2.75) is 19.4 Å². The van der Waals surface area contributed by atoms with Crippen molar-refractivity contribution in [3.05, 3.63) is 58.7 Å². The third kappa shape index (κ3) is 3.31. The Kier molecular flexibility index (Phi) is 4.50. The Morgan fingerprint density at radius 2 is 1.97 bits per heavy atom. The lowest BCUT2D eigenvalue weighted by Gasteiger charge is -2.27. The normalized spacial score (nSPS) is 15.6. The summed E-state index contributed by atoms with van der Waals surface area (Å²) in [4.78, 5) is 25.4. The predicted octanol–water partition coefficient (Wildman–Crippen LogP) is 2.19. The Labute approximate surface area is 166 Å². The monoisotopic (exact) mass is 394 g/mol. The smallest absolute Gasteiger partial charge is 0.255 e. The molecule has 5 N–H and O–H groups in total. The Bertz CT molecular complexity index is 1130. The zero-order valence-corrected chi connectivity index (χ0v) is 15.9. The maximum Gasteiger partial charge on any atom is 0.255 e. The minimum absolute atomic E-state index is 0.110. The number of aromatic nitrogens is 3. The number of methoxy groups -OCH3 is 1. The van der Waals surface area contributed by atoms with Crippen molar-refractivity contribution in [2.75, 3.05) is 18.6 Å². The number of nitrogens with zero attached hydrogens (tertiary/aromatic N) is 3. The van der Waals surface area contributed by atoms with Crippen molar-refractivity contribution in [3.8, 4) is 17.1 Å². The highest BCUT2D eigenvalue weighted by Crippen LogP contribution is 2.34. The molecule has 0 saturated carbocycles. The quantitative estimate of drug-likeness (QED) is 0.621. The van der Waals surface area contributed by atoms with E-state index in [0.717, 1.165) is 0 Å². The lowest BCUT2D eigenvalue weighted by atomic mass is 9.90. The summed E-state index contributed by atoms with van der Waals surface area (Å²) in [7, 11) is 1.46. The molecule has 1 amide bonds. The molecule has 2 aromatic heterocycles. The van der Waals surface area contributed by atoms with E-state index in [4.69, 9.17) is 16.2 Å². The summed E-state index contributed by atoms with van der Waals surface area (Å²) < 4.78 is 19.3. The molecule has 8 nitrogen and oxygen atoms in total. The lowest BCUT2D eigenvalue weighted by Crippen LogP contribution is -2.37. The van der Waals surface area contributed by atoms with Crippen molar-refractivity contribution >= 4 is 17.5 Å². The maximum absolute atomic E-state index is 14.1. The Hall–Kier alpha value is -3.75. The standard InChI is InChI=1S/C20H19FN6O2/c1-9-17-16(27-20(23)24-9)8-15(25-18(17)28)11-4-3-10(21)7-12(11)14-6-5-13(22)19(26-14)29-2/h3-7,15H,8,22H2,1-2H3,(H,25,28)(H2,23,24,27). The molecule has 9 heteroatoms. The van der Waals surface area contributed by atoms with Crippen LogP contribution in [0.5, 0.6) is 5.88 Å². The molecular weight excluding hydrogens is 375 g/mol. The maximum atomic E-state index is 14.1. The second kappa shape index (κ2) is 7.01. The van der Waals surface area contributed by atoms with E-state index in [-0.39, 0.29) is 17.7 Å². The first-order valence-electron chi connectivity index (χ1n) is 8.91. The molecule has 1 aliphatic heterocycles. The second-order valence-electron chi connectivity index (χ2n) is 6.75. The van der Waals surface area contributed by atoms with Crippen LogP contribution >= 0.6 is 0 Å². The van der Waals surface area contributed by atoms with Crippen molar-refractivity contribution in [3.63, 3.8) is 0 Å². The van der Waals surface area contributed by atoms with Crippen LogP contribution in [0.15, 0.2) is 30.3 Å². The molecule has 1 unspecified atom stereocenters. The molecule has 4 rings (SSSR count). The third-order valence-electron chi connectivity index (χ3n) is 4.86. The van der Waals surface area contributed by atoms with Gasteiger partial charge in [-0.3, -0.25) is 4.79 Å². The van der Waals surface area contributed by atoms with Crippen molar-refractivity contribution in [1.29, 1.82) is 0 Å². The van der Waals surface area contributed by atoms with Gasteiger partial charge in [0.15, 0.2) is 0 Å². The molecule has 148 valence electrons. The van der Waals surface area contributed by atoms with Crippen LogP contribution in [0.25, 0.3) is 11.3 Å². The topological polar surface area (TPSA) is 129 Å². The van der Waals surface area contributed by atoms with Gasteiger partial charge in [-0.25, -0.2) is 19.3 Å². The Balaban J connectivity index is 1.82. The summed E-state index contributed by atoms with van der Waals surface area (Å²) in [6.07, 6.45) is 0.388. The van der Waals surface area contributed by atoms with Gasteiger partial charge < -0.3 is 21.5 Å². The van der Waals surface area contributed by atoms with Gasteiger partial charge in [0.2, 0.25) is 11.8 Å². The molecule has 1 atom stereocenters. The first kappa shape index (κ1) is 18.6. The minimum Gasteiger partial charge on any atom is -0.480 e. The highest BCUT2D eigenvalue weighted by Gasteiger charge is 2.30. The molecule has 0 bridgehead atoms. The fourth-order valence-corrected chi connectivity index (χ4v) is 3.58. The Morgan fingerprint density at radius 1 is 1.17 bits per heavy atom. The number of carbonyl (C=O) groups is 1. The summed E-state index contributed by atoms with van der Waals surface area (Å²) in [5.74, 6) is -0.371. The molecule has 3 aromatic rings. The largest absolute Gasteiger partial charge is 0.480 e. The number of benzene rings is 1. The molecule has 29 heavy (non-hydrogen) atoms. The van der Waals surface area contributed by atoms with Crippen molar-refractivity contribution in [1.82, 2.24) is 20.3 Å². The number of amides is 1. The van der Waals surface area contributed by atoms with Gasteiger partial charge in [0.05, 0.1) is 41.5 Å². The number of fused-ring (bicyclic) bond motifs is 1. The molecule has 0 fully saturated rings. The number of hydrogen-bond donors (Lipinski definition) is 3. The lowest BCUT2D eigenvalue weighted by molar-refractivity contribution is 0.0922. The van der Waals surface area contributed by atoms with Crippen molar-refractivity contribution < 1.29 is 13.9 Å². The Morgan fingerprint density at radius 3 is 2.72 bits per heavy atom. The number of anilines is 2. The summed E-state index contributed by atoms with van der Waals surface area (Å²) >= 11 is 0. The van der Waals surface area contributed by atoms with Gasteiger partial charge in [0.25, 0.3) is 5.91 Å². The van der Waals surface area contributed by atoms with E-state index >= 15 is 0 Å². The second-order valence-corrected chi connectivity index (χ2v) is 6.75. The number of hydrogen-bond acceptors (Lipinski definition) is 7. The summed E-state index contributed by atoms with van der Waals surface area (Å²) in [5, 5.41) is 2.95. The minimum atomic E-state index is -0.440. The van der Waals surface area contributed by atoms with Gasteiger partial charge in [0.1, 0.15) is 5.82 Å². The molecule has 0 radical (unpaired) electrons. The number of nitrogens with two attached hydrogens (primary N) is 2. The van der Waals surface area contributed by atoms with Gasteiger partial charge in [-0.05, 0) is 36.8 Å². The fourth-order valence-electron chi connectivity index (χ4n) is 3.58. The molecule has 0 spiro atoms. The van der Waals surface area contributed by atoms with Crippen LogP contribution in [-0.2, 0) is 6.42 Å². The molecule has 1 aromatic carbocycles. The van der Waals surface area contributed by atoms with E-state index in [1.807, 2.05) is 0 Å². The average molecular weight is 394 g/mol. The van der Waals surface area contributed by atoms with Crippen LogP contribution in [0.2, 0.25) is 0 Å². The van der Waals surface area contributed by atoms with Crippen LogP contribution in [0.3, 0.4) is 0 Å². The molecular formula is C20H19FN6O2. The van der Waals surface area contributed by atoms with Gasteiger partial charge in [-0.2, -0.15) is 0 Å². The average Bonchev–Trinajstić information content (AvgIpc) is 2.67. The van der Waals surface area contributed by atoms with Crippen LogP contribution < -0.4 is 21.5 Å². The summed E-state index contributed by atoms with van der Waals surface area (Å²) in [6.45, 7) is 1.71. The summed E-state index contributed by atoms with van der Waals surface area (Å²) in [5.41, 5.74) is 15.2. The van der Waals surface area contributed by atoms with Crippen LogP contribution in [0, 0.1) is 12.7 Å². The highest BCUT2D eigenvalue weighted by molar-refractivity contribution is 5.98. The van der Waals surface area contributed by atoms with E-state index < -0.39 is 11.9 Å². The molecule has 3 heterocycles. The number of rotatable bonds is 3. The van der Waals surface area contributed by atoms with E-state index in [0.29, 0.717) is 45.9 Å². The van der Waals surface area contributed by atoms with Gasteiger partial charge in [-0.15, -0.1) is 0 Å². The summed E-state index contributed by atoms with van der Waals surface area (Å²) in [6, 6.07) is 7.22. The first-order valence-corrected chi connectivity index (χ1v) is 8.91. The SMILES string of the molecule is COc1nc(-c2cc(F)ccc2C2Cc3nc(N)nc(C)c3C(=O)N2)ccc1N. The van der Waals surface area contributed by atoms with Gasteiger partial charge in [0, 0.05) is 12.0 Å². The van der Waals surface area contributed by atoms with E-state index in [1.165, 1.54) is 19.2 Å². The predicted molar refractivity (Wildman–Crippen MR) is 106 cm³/mol. The highest BCUT2D eigenvalue weighted by atomic mass is 19.1. The number of carbonyl (C=O) groups excluding carboxylic acids is 1. The number of nitrogens with one attached hydrogen (secondary N) is 1. The molecule has 0 saturated heterocycles. The number of ether oxygens (including phenoxy) is 1. The van der Waals surface area contributed by atoms with Crippen LogP contribution in [0.1, 0.15) is 33.4 Å². The van der Waals surface area contributed by atoms with Crippen molar-refractivity contribution in [2.24, 2.45) is 0 Å². The first-order chi connectivity index (χ1) is 13.9. The zero-order valence-electron chi connectivity index (χ0n) is 15.9. The van der Waals surface area contributed by atoms with Gasteiger partial charge in [-0.1, -0.05) is 6.07 Å². The van der Waals surface area contributed by atoms with Crippen LogP contribution in [-0.4, -0.2) is 28.0 Å². The van der Waals surface area contributed by atoms with E-state index in [2.05, 4.69) is 20.3 Å². The third-order valence-corrected chi connectivity index (χ3v) is 4.86. The molecule has 1 aliphatic rings.